The second-order valence-electron chi connectivity index (χ2n) is 5.52. The summed E-state index contributed by atoms with van der Waals surface area (Å²) < 4.78 is 29.4. The summed E-state index contributed by atoms with van der Waals surface area (Å²) in [6, 6.07) is 8.46. The fourth-order valence-corrected chi connectivity index (χ4v) is 4.21. The Hall–Kier alpha value is -1.40. The fraction of sp³-hybridized carbons (Fsp3) is 0.533. The number of carbonyl (C=O) groups excluding carboxylic acids is 1. The van der Waals surface area contributed by atoms with Crippen LogP contribution in [0.5, 0.6) is 0 Å². The molecule has 1 fully saturated rings. The van der Waals surface area contributed by atoms with Gasteiger partial charge in [-0.15, -0.1) is 0 Å². The lowest BCUT2D eigenvalue weighted by Crippen LogP contribution is -2.29. The van der Waals surface area contributed by atoms with E-state index in [4.69, 9.17) is 9.92 Å². The van der Waals surface area contributed by atoms with E-state index in [0.29, 0.717) is 5.56 Å². The Morgan fingerprint density at radius 1 is 1.19 bits per heavy atom. The largest absolute Gasteiger partial charge is 0.367 e. The van der Waals surface area contributed by atoms with Crippen molar-refractivity contribution in [1.29, 1.82) is 0 Å². The van der Waals surface area contributed by atoms with Crippen LogP contribution in [0.15, 0.2) is 30.3 Å². The highest BCUT2D eigenvalue weighted by molar-refractivity contribution is 7.86. The number of carbonyl (C=O) groups is 1. The molecular formula is C15H21NO4S. The zero-order chi connectivity index (χ0) is 15.3. The van der Waals surface area contributed by atoms with E-state index in [2.05, 4.69) is 0 Å². The number of hydrogen-bond acceptors (Lipinski definition) is 4. The smallest absolute Gasteiger partial charge is 0.268 e. The number of nitrogens with two attached hydrogens (primary N) is 1. The van der Waals surface area contributed by atoms with Crippen LogP contribution >= 0.6 is 0 Å². The highest BCUT2D eigenvalue weighted by Crippen LogP contribution is 2.27. The molecule has 2 rings (SSSR count). The number of primary amides is 1. The lowest BCUT2D eigenvalue weighted by atomic mass is 9.91. The molecule has 21 heavy (non-hydrogen) atoms. The second-order valence-corrected chi connectivity index (χ2v) is 7.16. The number of amides is 1. The third-order valence-electron chi connectivity index (χ3n) is 3.77. The van der Waals surface area contributed by atoms with Crippen LogP contribution in [0.25, 0.3) is 0 Å². The minimum atomic E-state index is -3.77. The van der Waals surface area contributed by atoms with Gasteiger partial charge in [0, 0.05) is 0 Å². The van der Waals surface area contributed by atoms with E-state index in [-0.39, 0.29) is 11.7 Å². The van der Waals surface area contributed by atoms with Gasteiger partial charge in [0.2, 0.25) is 0 Å². The minimum absolute atomic E-state index is 0.0381. The third-order valence-corrected chi connectivity index (χ3v) is 5.13. The van der Waals surface area contributed by atoms with Crippen molar-refractivity contribution < 1.29 is 17.4 Å². The maximum Gasteiger partial charge on any atom is 0.268 e. The van der Waals surface area contributed by atoms with Crippen LogP contribution in [-0.4, -0.2) is 20.1 Å². The molecule has 0 saturated heterocycles. The Labute approximate surface area is 125 Å². The lowest BCUT2D eigenvalue weighted by Gasteiger charge is -2.22. The van der Waals surface area contributed by atoms with Crippen molar-refractivity contribution in [1.82, 2.24) is 0 Å². The van der Waals surface area contributed by atoms with Crippen LogP contribution in [0.1, 0.15) is 43.8 Å². The molecule has 1 atom stereocenters. The average Bonchev–Trinajstić information content (AvgIpc) is 2.46. The Balaban J connectivity index is 2.07. The predicted octanol–water partition coefficient (Wildman–Crippen LogP) is 2.14. The van der Waals surface area contributed by atoms with Crippen molar-refractivity contribution in [3.63, 3.8) is 0 Å². The van der Waals surface area contributed by atoms with Crippen molar-refractivity contribution in [2.75, 3.05) is 5.75 Å². The van der Waals surface area contributed by atoms with Gasteiger partial charge < -0.3 is 5.73 Å². The highest BCUT2D eigenvalue weighted by atomic mass is 32.2. The molecular weight excluding hydrogens is 290 g/mol. The van der Waals surface area contributed by atoms with Crippen LogP contribution < -0.4 is 5.73 Å². The van der Waals surface area contributed by atoms with Gasteiger partial charge in [0.05, 0.1) is 5.75 Å². The number of benzene rings is 1. The van der Waals surface area contributed by atoms with Gasteiger partial charge in [0.15, 0.2) is 6.10 Å². The molecule has 1 aromatic carbocycles. The maximum absolute atomic E-state index is 12.2. The van der Waals surface area contributed by atoms with Gasteiger partial charge in [-0.05, 0) is 24.3 Å². The summed E-state index contributed by atoms with van der Waals surface area (Å²) >= 11 is 0. The van der Waals surface area contributed by atoms with Crippen LogP contribution in [0.2, 0.25) is 0 Å². The van der Waals surface area contributed by atoms with Crippen molar-refractivity contribution in [3.05, 3.63) is 35.9 Å². The average molecular weight is 311 g/mol. The van der Waals surface area contributed by atoms with E-state index in [0.717, 1.165) is 32.1 Å². The van der Waals surface area contributed by atoms with Crippen LogP contribution in [0.3, 0.4) is 0 Å². The predicted molar refractivity (Wildman–Crippen MR) is 79.8 cm³/mol. The highest BCUT2D eigenvalue weighted by Gasteiger charge is 2.28. The Kier molecular flexibility index (Phi) is 5.36. The zero-order valence-electron chi connectivity index (χ0n) is 11.9. The molecule has 6 heteroatoms. The van der Waals surface area contributed by atoms with Gasteiger partial charge in [-0.1, -0.05) is 49.6 Å². The Morgan fingerprint density at radius 2 is 1.81 bits per heavy atom. The zero-order valence-corrected chi connectivity index (χ0v) is 12.7. The van der Waals surface area contributed by atoms with Crippen LogP contribution in [0, 0.1) is 5.92 Å². The summed E-state index contributed by atoms with van der Waals surface area (Å²) in [5.74, 6) is -0.717. The number of rotatable bonds is 6. The maximum atomic E-state index is 12.2. The molecule has 0 radical (unpaired) electrons. The molecule has 116 valence electrons. The summed E-state index contributed by atoms with van der Waals surface area (Å²) in [6.45, 7) is 0. The molecule has 0 heterocycles. The van der Waals surface area contributed by atoms with Crippen molar-refractivity contribution >= 4 is 16.0 Å². The van der Waals surface area contributed by atoms with E-state index < -0.39 is 22.1 Å². The molecule has 0 aromatic heterocycles. The summed E-state index contributed by atoms with van der Waals surface area (Å²) in [7, 11) is -3.77. The van der Waals surface area contributed by atoms with Gasteiger partial charge >= 0.3 is 0 Å². The molecule has 0 bridgehead atoms. The van der Waals surface area contributed by atoms with Gasteiger partial charge in [-0.25, -0.2) is 0 Å². The van der Waals surface area contributed by atoms with Gasteiger partial charge in [0.25, 0.3) is 16.0 Å². The SMILES string of the molecule is NC(=O)[C@H](OS(=O)(=O)CC1CCCCC1)c1ccccc1. The first kappa shape index (κ1) is 16.0. The van der Waals surface area contributed by atoms with Crippen molar-refractivity contribution in [2.45, 2.75) is 38.2 Å². The Morgan fingerprint density at radius 3 is 2.38 bits per heavy atom. The molecule has 1 amide bonds. The molecule has 0 unspecified atom stereocenters. The monoisotopic (exact) mass is 311 g/mol. The van der Waals surface area contributed by atoms with Gasteiger partial charge in [-0.3, -0.25) is 8.98 Å². The molecule has 1 aliphatic carbocycles. The molecule has 2 N–H and O–H groups in total. The number of hydrogen-bond donors (Lipinski definition) is 1. The normalized spacial score (nSPS) is 18.3. The van der Waals surface area contributed by atoms with Crippen LogP contribution in [-0.2, 0) is 19.1 Å². The summed E-state index contributed by atoms with van der Waals surface area (Å²) in [4.78, 5) is 11.5. The molecule has 1 aromatic rings. The van der Waals surface area contributed by atoms with Gasteiger partial charge in [0.1, 0.15) is 0 Å². The standard InChI is InChI=1S/C15H21NO4S/c16-15(17)14(13-9-5-2-6-10-13)20-21(18,19)11-12-7-3-1-4-8-12/h2,5-6,9-10,12,14H,1,3-4,7-8,11H2,(H2,16,17)/t14-/m1/s1. The second kappa shape index (κ2) is 7.04. The first-order valence-corrected chi connectivity index (χ1v) is 8.81. The topological polar surface area (TPSA) is 86.5 Å². The fourth-order valence-electron chi connectivity index (χ4n) is 2.72. The summed E-state index contributed by atoms with van der Waals surface area (Å²) in [5, 5.41) is 0. The summed E-state index contributed by atoms with van der Waals surface area (Å²) in [5.41, 5.74) is 5.74. The summed E-state index contributed by atoms with van der Waals surface area (Å²) in [6.07, 6.45) is 3.81. The van der Waals surface area contributed by atoms with E-state index >= 15 is 0 Å². The quantitative estimate of drug-likeness (QED) is 0.815. The molecule has 0 spiro atoms. The van der Waals surface area contributed by atoms with Gasteiger partial charge in [-0.2, -0.15) is 8.42 Å². The molecule has 1 saturated carbocycles. The third kappa shape index (κ3) is 4.82. The van der Waals surface area contributed by atoms with E-state index in [1.54, 1.807) is 30.3 Å². The van der Waals surface area contributed by atoms with Crippen molar-refractivity contribution in [2.24, 2.45) is 11.7 Å². The van der Waals surface area contributed by atoms with Crippen molar-refractivity contribution in [3.8, 4) is 0 Å². The van der Waals surface area contributed by atoms with Crippen LogP contribution in [0.4, 0.5) is 0 Å². The molecule has 5 nitrogen and oxygen atoms in total. The van der Waals surface area contributed by atoms with E-state index in [1.165, 1.54) is 0 Å². The van der Waals surface area contributed by atoms with E-state index in [1.807, 2.05) is 0 Å². The molecule has 1 aliphatic rings. The minimum Gasteiger partial charge on any atom is -0.367 e. The lowest BCUT2D eigenvalue weighted by molar-refractivity contribution is -0.124. The first-order valence-electron chi connectivity index (χ1n) is 7.23. The first-order chi connectivity index (χ1) is 9.98. The Bertz CT molecular complexity index is 565. The van der Waals surface area contributed by atoms with E-state index in [9.17, 15) is 13.2 Å². The molecule has 0 aliphatic heterocycles.